The van der Waals surface area contributed by atoms with Gasteiger partial charge in [0.15, 0.2) is 0 Å². The third-order valence-corrected chi connectivity index (χ3v) is 9.43. The summed E-state index contributed by atoms with van der Waals surface area (Å²) in [6.07, 6.45) is 6.87. The van der Waals surface area contributed by atoms with Crippen LogP contribution < -0.4 is 26.4 Å². The van der Waals surface area contributed by atoms with Crippen LogP contribution in [0.4, 0.5) is 27.3 Å². The SMILES string of the molecule is CC[C@H]1CN(c2ncc(Nc3c(NC4CC4)c(=O)c3=O)cc2Cl)CCN1C1CCN(Cc2ccc(Br)cc2F)CC1. The Morgan fingerprint density at radius 3 is 2.49 bits per heavy atom. The van der Waals surface area contributed by atoms with Gasteiger partial charge in [0.2, 0.25) is 0 Å². The molecular weight excluding hydrogens is 611 g/mol. The van der Waals surface area contributed by atoms with Crippen LogP contribution in [0.15, 0.2) is 44.5 Å². The highest BCUT2D eigenvalue weighted by molar-refractivity contribution is 9.10. The van der Waals surface area contributed by atoms with E-state index >= 15 is 0 Å². The van der Waals surface area contributed by atoms with Crippen molar-refractivity contribution in [3.8, 4) is 0 Å². The van der Waals surface area contributed by atoms with Crippen LogP contribution in [0.1, 0.15) is 44.6 Å². The van der Waals surface area contributed by atoms with Crippen LogP contribution in [0.25, 0.3) is 0 Å². The highest BCUT2D eigenvalue weighted by atomic mass is 79.9. The molecule has 8 nitrogen and oxygen atoms in total. The summed E-state index contributed by atoms with van der Waals surface area (Å²) in [5, 5.41) is 6.71. The molecule has 0 unspecified atom stereocenters. The predicted molar refractivity (Wildman–Crippen MR) is 166 cm³/mol. The fourth-order valence-corrected chi connectivity index (χ4v) is 6.78. The van der Waals surface area contributed by atoms with E-state index < -0.39 is 10.9 Å². The van der Waals surface area contributed by atoms with E-state index in [1.807, 2.05) is 12.1 Å². The number of pyridine rings is 1. The first-order valence-electron chi connectivity index (χ1n) is 14.5. The first-order valence-corrected chi connectivity index (χ1v) is 15.7. The molecule has 6 rings (SSSR count). The standard InChI is InChI=1S/C30H35BrClFN6O2/c1-2-22-17-38(11-12-39(22)23-7-9-37(10-8-23)16-18-3-4-19(31)13-25(18)33)30-24(32)14-21(15-34-30)36-27-26(28(40)29(27)41)35-20-5-6-20/h3-4,13-15,20,22-23,35-36H,2,5-12,16-17H2,1H3/t22-/m0/s1. The van der Waals surface area contributed by atoms with Crippen molar-refractivity contribution in [3.63, 3.8) is 0 Å². The summed E-state index contributed by atoms with van der Waals surface area (Å²) in [4.78, 5) is 36.0. The van der Waals surface area contributed by atoms with E-state index in [1.54, 1.807) is 12.3 Å². The lowest BCUT2D eigenvalue weighted by molar-refractivity contribution is 0.0607. The fourth-order valence-electron chi connectivity index (χ4n) is 6.16. The minimum Gasteiger partial charge on any atom is -0.377 e. The number of hydrogen-bond acceptors (Lipinski definition) is 8. The first-order chi connectivity index (χ1) is 19.8. The molecule has 1 aromatic heterocycles. The number of nitrogens with one attached hydrogen (secondary N) is 2. The van der Waals surface area contributed by atoms with Gasteiger partial charge in [-0.15, -0.1) is 0 Å². The van der Waals surface area contributed by atoms with E-state index in [9.17, 15) is 14.0 Å². The van der Waals surface area contributed by atoms with Gasteiger partial charge in [-0.25, -0.2) is 9.37 Å². The molecule has 2 aromatic carbocycles. The minimum atomic E-state index is -0.512. The van der Waals surface area contributed by atoms with Gasteiger partial charge in [0.1, 0.15) is 23.0 Å². The highest BCUT2D eigenvalue weighted by Gasteiger charge is 2.34. The number of benzene rings is 1. The Morgan fingerprint density at radius 2 is 1.80 bits per heavy atom. The monoisotopic (exact) mass is 644 g/mol. The number of likely N-dealkylation sites (tertiary alicyclic amines) is 1. The lowest BCUT2D eigenvalue weighted by Gasteiger charge is -2.47. The molecule has 41 heavy (non-hydrogen) atoms. The number of anilines is 4. The van der Waals surface area contributed by atoms with Gasteiger partial charge in [-0.1, -0.05) is 40.5 Å². The summed E-state index contributed by atoms with van der Waals surface area (Å²) in [5.74, 6) is 0.585. The van der Waals surface area contributed by atoms with E-state index in [2.05, 4.69) is 53.2 Å². The number of piperidine rings is 1. The molecule has 218 valence electrons. The normalized spacial score (nSPS) is 21.0. The Kier molecular flexibility index (Phi) is 8.36. The molecule has 3 aromatic rings. The molecule has 0 spiro atoms. The van der Waals surface area contributed by atoms with Crippen molar-refractivity contribution in [1.82, 2.24) is 14.8 Å². The molecule has 3 aliphatic rings. The van der Waals surface area contributed by atoms with Crippen LogP contribution in [0.5, 0.6) is 0 Å². The minimum absolute atomic E-state index is 0.154. The second-order valence-electron chi connectivity index (χ2n) is 11.5. The molecule has 11 heteroatoms. The average molecular weight is 646 g/mol. The van der Waals surface area contributed by atoms with Crippen LogP contribution in [-0.2, 0) is 6.54 Å². The number of nitrogens with zero attached hydrogens (tertiary/aromatic N) is 4. The maximum atomic E-state index is 14.3. The lowest BCUT2D eigenvalue weighted by atomic mass is 9.97. The lowest BCUT2D eigenvalue weighted by Crippen LogP contribution is -2.58. The van der Waals surface area contributed by atoms with Crippen molar-refractivity contribution in [2.24, 2.45) is 0 Å². The molecular formula is C30H35BrClFN6O2. The molecule has 0 bridgehead atoms. The van der Waals surface area contributed by atoms with Gasteiger partial charge in [0, 0.05) is 54.3 Å². The molecule has 2 saturated heterocycles. The molecule has 2 aliphatic heterocycles. The number of hydrogen-bond donors (Lipinski definition) is 2. The number of rotatable bonds is 9. The van der Waals surface area contributed by atoms with Gasteiger partial charge in [0.05, 0.1) is 16.9 Å². The molecule has 3 heterocycles. The van der Waals surface area contributed by atoms with E-state index in [1.165, 1.54) is 6.07 Å². The first kappa shape index (κ1) is 28.6. The molecule has 1 aliphatic carbocycles. The largest absolute Gasteiger partial charge is 0.377 e. The molecule has 0 amide bonds. The number of halogens is 3. The van der Waals surface area contributed by atoms with Crippen molar-refractivity contribution in [1.29, 1.82) is 0 Å². The van der Waals surface area contributed by atoms with E-state index in [0.29, 0.717) is 40.7 Å². The zero-order chi connectivity index (χ0) is 28.7. The van der Waals surface area contributed by atoms with Crippen LogP contribution >= 0.6 is 27.5 Å². The van der Waals surface area contributed by atoms with E-state index in [-0.39, 0.29) is 11.9 Å². The van der Waals surface area contributed by atoms with E-state index in [4.69, 9.17) is 11.6 Å². The predicted octanol–water partition coefficient (Wildman–Crippen LogP) is 5.12. The van der Waals surface area contributed by atoms with Crippen molar-refractivity contribution < 1.29 is 4.39 Å². The summed E-state index contributed by atoms with van der Waals surface area (Å²) >= 11 is 10.0. The second-order valence-corrected chi connectivity index (χ2v) is 12.8. The third-order valence-electron chi connectivity index (χ3n) is 8.66. The molecule has 0 radical (unpaired) electrons. The third kappa shape index (κ3) is 6.16. The zero-order valence-corrected chi connectivity index (χ0v) is 25.5. The maximum absolute atomic E-state index is 14.3. The zero-order valence-electron chi connectivity index (χ0n) is 23.1. The Morgan fingerprint density at radius 1 is 1.05 bits per heavy atom. The Hall–Kier alpha value is -2.53. The summed E-state index contributed by atoms with van der Waals surface area (Å²) < 4.78 is 15.1. The van der Waals surface area contributed by atoms with Crippen molar-refractivity contribution in [3.05, 3.63) is 71.8 Å². The Balaban J connectivity index is 1.05. The summed E-state index contributed by atoms with van der Waals surface area (Å²) in [7, 11) is 0. The van der Waals surface area contributed by atoms with Crippen LogP contribution in [0, 0.1) is 5.82 Å². The van der Waals surface area contributed by atoms with Gasteiger partial charge >= 0.3 is 0 Å². The van der Waals surface area contributed by atoms with Crippen LogP contribution in [-0.4, -0.2) is 65.6 Å². The van der Waals surface area contributed by atoms with Crippen molar-refractivity contribution in [2.75, 3.05) is 48.3 Å². The van der Waals surface area contributed by atoms with Crippen LogP contribution in [0.3, 0.4) is 0 Å². The Labute approximate surface area is 252 Å². The summed E-state index contributed by atoms with van der Waals surface area (Å²) in [5.41, 5.74) is 1.01. The Bertz CT molecular complexity index is 1480. The number of piperazine rings is 1. The highest BCUT2D eigenvalue weighted by Crippen LogP contribution is 2.33. The molecule has 1 atom stereocenters. The topological polar surface area (TPSA) is 80.8 Å². The van der Waals surface area contributed by atoms with Crippen molar-refractivity contribution in [2.45, 2.75) is 63.7 Å². The van der Waals surface area contributed by atoms with E-state index in [0.717, 1.165) is 80.7 Å². The summed E-state index contributed by atoms with van der Waals surface area (Å²) in [6, 6.07) is 8.27. The van der Waals surface area contributed by atoms with Gasteiger partial charge in [-0.3, -0.25) is 19.4 Å². The number of aromatic nitrogens is 1. The fraction of sp³-hybridized carbons (Fsp3) is 0.500. The van der Waals surface area contributed by atoms with Crippen LogP contribution in [0.2, 0.25) is 5.02 Å². The van der Waals surface area contributed by atoms with Gasteiger partial charge in [0.25, 0.3) is 10.9 Å². The maximum Gasteiger partial charge on any atom is 0.253 e. The average Bonchev–Trinajstić information content (AvgIpc) is 3.81. The quantitative estimate of drug-likeness (QED) is 0.311. The molecule has 3 fully saturated rings. The smallest absolute Gasteiger partial charge is 0.253 e. The second kappa shape index (κ2) is 12.0. The van der Waals surface area contributed by atoms with Crippen molar-refractivity contribution >= 4 is 50.4 Å². The van der Waals surface area contributed by atoms with Gasteiger partial charge in [-0.05, 0) is 63.4 Å². The van der Waals surface area contributed by atoms with Gasteiger partial charge in [-0.2, -0.15) is 0 Å². The molecule has 1 saturated carbocycles. The molecule has 2 N–H and O–H groups in total. The summed E-state index contributed by atoms with van der Waals surface area (Å²) in [6.45, 7) is 7.39. The van der Waals surface area contributed by atoms with Gasteiger partial charge < -0.3 is 15.5 Å².